The molecule has 0 spiro atoms. The lowest BCUT2D eigenvalue weighted by Crippen LogP contribution is -1.92. The summed E-state index contributed by atoms with van der Waals surface area (Å²) in [7, 11) is 0. The van der Waals surface area contributed by atoms with Gasteiger partial charge < -0.3 is 4.74 Å². The second-order valence-electron chi connectivity index (χ2n) is 2.33. The van der Waals surface area contributed by atoms with E-state index in [1.54, 1.807) is 0 Å². The van der Waals surface area contributed by atoms with Gasteiger partial charge in [0.2, 0.25) is 0 Å². The van der Waals surface area contributed by atoms with Gasteiger partial charge >= 0.3 is 0 Å². The molecule has 0 bridgehead atoms. The maximum atomic E-state index is 5.29. The molecule has 0 amide bonds. The van der Waals surface area contributed by atoms with E-state index < -0.39 is 0 Å². The van der Waals surface area contributed by atoms with E-state index >= 15 is 0 Å². The van der Waals surface area contributed by atoms with Gasteiger partial charge in [-0.2, -0.15) is 0 Å². The van der Waals surface area contributed by atoms with Gasteiger partial charge in [-0.1, -0.05) is 19.1 Å². The fourth-order valence-electron chi connectivity index (χ4n) is 0.939. The van der Waals surface area contributed by atoms with E-state index in [0.29, 0.717) is 6.61 Å². The van der Waals surface area contributed by atoms with Crippen LogP contribution >= 0.6 is 0 Å². The molecular weight excluding hydrogens is 136 g/mol. The second-order valence-corrected chi connectivity index (χ2v) is 2.33. The van der Waals surface area contributed by atoms with Crippen molar-refractivity contribution in [1.29, 1.82) is 0 Å². The molecule has 1 nitrogen and oxygen atoms in total. The van der Waals surface area contributed by atoms with Crippen LogP contribution in [0.4, 0.5) is 0 Å². The van der Waals surface area contributed by atoms with Crippen molar-refractivity contribution in [1.82, 2.24) is 0 Å². The molecule has 0 aliphatic carbocycles. The minimum Gasteiger partial charge on any atom is -0.493 e. The Balaban J connectivity index is 2.74. The maximum absolute atomic E-state index is 5.29. The summed E-state index contributed by atoms with van der Waals surface area (Å²) in [5, 5.41) is 0. The first-order valence-corrected chi connectivity index (χ1v) is 4.00. The van der Waals surface area contributed by atoms with Crippen LogP contribution in [0.5, 0.6) is 5.75 Å². The maximum Gasteiger partial charge on any atom is 0.127 e. The van der Waals surface area contributed by atoms with Crippen molar-refractivity contribution in [2.24, 2.45) is 0 Å². The Morgan fingerprint density at radius 1 is 1.36 bits per heavy atom. The first kappa shape index (κ1) is 8.12. The molecule has 59 valence electrons. The fourth-order valence-corrected chi connectivity index (χ4v) is 0.939. The van der Waals surface area contributed by atoms with Crippen molar-refractivity contribution < 1.29 is 4.74 Å². The SMILES string of the molecule is CCOc1[c]c(CC)ccc1. The molecule has 1 aromatic rings. The van der Waals surface area contributed by atoms with Gasteiger partial charge in [0.15, 0.2) is 0 Å². The molecule has 0 saturated carbocycles. The van der Waals surface area contributed by atoms with E-state index in [9.17, 15) is 0 Å². The van der Waals surface area contributed by atoms with Crippen LogP contribution in [0.2, 0.25) is 0 Å². The molecule has 0 saturated heterocycles. The number of ether oxygens (including phenoxy) is 1. The monoisotopic (exact) mass is 149 g/mol. The van der Waals surface area contributed by atoms with E-state index in [-0.39, 0.29) is 0 Å². The lowest BCUT2D eigenvalue weighted by Gasteiger charge is -2.02. The van der Waals surface area contributed by atoms with Crippen LogP contribution in [0.25, 0.3) is 0 Å². The summed E-state index contributed by atoms with van der Waals surface area (Å²) in [4.78, 5) is 0. The second kappa shape index (κ2) is 4.02. The predicted octanol–water partition coefficient (Wildman–Crippen LogP) is 2.45. The largest absolute Gasteiger partial charge is 0.493 e. The first-order valence-electron chi connectivity index (χ1n) is 4.00. The quantitative estimate of drug-likeness (QED) is 0.641. The number of aryl methyl sites for hydroxylation is 1. The minimum atomic E-state index is 0.712. The van der Waals surface area contributed by atoms with Crippen molar-refractivity contribution in [3.05, 3.63) is 29.8 Å². The summed E-state index contributed by atoms with van der Waals surface area (Å²) in [6.45, 7) is 4.80. The van der Waals surface area contributed by atoms with Gasteiger partial charge in [-0.3, -0.25) is 0 Å². The molecule has 1 aromatic carbocycles. The van der Waals surface area contributed by atoms with E-state index in [2.05, 4.69) is 19.1 Å². The molecule has 1 rings (SSSR count). The van der Waals surface area contributed by atoms with Crippen molar-refractivity contribution in [2.45, 2.75) is 20.3 Å². The van der Waals surface area contributed by atoms with E-state index in [1.165, 1.54) is 5.56 Å². The Labute approximate surface area is 68.0 Å². The Bertz CT molecular complexity index is 218. The van der Waals surface area contributed by atoms with Gasteiger partial charge in [0.05, 0.1) is 6.61 Å². The molecule has 0 atom stereocenters. The molecule has 1 heteroatoms. The molecule has 0 aliphatic heterocycles. The highest BCUT2D eigenvalue weighted by Gasteiger charge is 1.93. The zero-order valence-electron chi connectivity index (χ0n) is 7.05. The van der Waals surface area contributed by atoms with Crippen LogP contribution in [-0.4, -0.2) is 6.61 Å². The number of hydrogen-bond donors (Lipinski definition) is 0. The highest BCUT2D eigenvalue weighted by atomic mass is 16.5. The summed E-state index contributed by atoms with van der Waals surface area (Å²) in [5.41, 5.74) is 1.20. The lowest BCUT2D eigenvalue weighted by atomic mass is 10.2. The molecule has 0 heterocycles. The summed E-state index contributed by atoms with van der Waals surface area (Å²) < 4.78 is 5.29. The summed E-state index contributed by atoms with van der Waals surface area (Å²) in [5.74, 6) is 0.854. The third-order valence-corrected chi connectivity index (χ3v) is 1.51. The highest BCUT2D eigenvalue weighted by Crippen LogP contribution is 2.11. The molecule has 0 fully saturated rings. The number of rotatable bonds is 3. The van der Waals surface area contributed by atoms with Crippen LogP contribution in [0.1, 0.15) is 19.4 Å². The van der Waals surface area contributed by atoms with Crippen LogP contribution in [0, 0.1) is 6.07 Å². The fraction of sp³-hybridized carbons (Fsp3) is 0.400. The molecule has 0 unspecified atom stereocenters. The van der Waals surface area contributed by atoms with Crippen LogP contribution in [0.15, 0.2) is 18.2 Å². The molecular formula is C10H13O. The Kier molecular flexibility index (Phi) is 2.96. The van der Waals surface area contributed by atoms with Gasteiger partial charge in [0.1, 0.15) is 5.75 Å². The van der Waals surface area contributed by atoms with Gasteiger partial charge in [-0.15, -0.1) is 0 Å². The van der Waals surface area contributed by atoms with Crippen LogP contribution in [0.3, 0.4) is 0 Å². The Hall–Kier alpha value is -0.980. The van der Waals surface area contributed by atoms with Crippen LogP contribution in [-0.2, 0) is 6.42 Å². The summed E-state index contributed by atoms with van der Waals surface area (Å²) in [6.07, 6.45) is 1.01. The van der Waals surface area contributed by atoms with Gasteiger partial charge in [-0.25, -0.2) is 0 Å². The lowest BCUT2D eigenvalue weighted by molar-refractivity contribution is 0.339. The van der Waals surface area contributed by atoms with E-state index in [4.69, 9.17) is 4.74 Å². The summed E-state index contributed by atoms with van der Waals surface area (Å²) >= 11 is 0. The standard InChI is InChI=1S/C10H13O/c1-3-9-6-5-7-10(8-9)11-4-2/h5-7H,3-4H2,1-2H3. The molecule has 0 N–H and O–H groups in total. The van der Waals surface area contributed by atoms with Crippen molar-refractivity contribution in [3.63, 3.8) is 0 Å². The molecule has 0 aliphatic rings. The summed E-state index contributed by atoms with van der Waals surface area (Å²) in [6, 6.07) is 9.16. The van der Waals surface area contributed by atoms with Gasteiger partial charge in [0.25, 0.3) is 0 Å². The Morgan fingerprint density at radius 3 is 2.82 bits per heavy atom. The molecule has 11 heavy (non-hydrogen) atoms. The van der Waals surface area contributed by atoms with Gasteiger partial charge in [-0.05, 0) is 25.0 Å². The van der Waals surface area contributed by atoms with Crippen molar-refractivity contribution >= 4 is 0 Å². The molecule has 0 aromatic heterocycles. The number of benzene rings is 1. The smallest absolute Gasteiger partial charge is 0.127 e. The molecule has 1 radical (unpaired) electrons. The van der Waals surface area contributed by atoms with Crippen molar-refractivity contribution in [3.8, 4) is 5.75 Å². The topological polar surface area (TPSA) is 9.23 Å². The minimum absolute atomic E-state index is 0.712. The average Bonchev–Trinajstić information content (AvgIpc) is 2.06. The van der Waals surface area contributed by atoms with E-state index in [1.807, 2.05) is 19.1 Å². The predicted molar refractivity (Wildman–Crippen MR) is 45.8 cm³/mol. The number of hydrogen-bond acceptors (Lipinski definition) is 1. The average molecular weight is 149 g/mol. The zero-order valence-corrected chi connectivity index (χ0v) is 7.05. The zero-order chi connectivity index (χ0) is 8.10. The third-order valence-electron chi connectivity index (χ3n) is 1.51. The first-order chi connectivity index (χ1) is 5.36. The highest BCUT2D eigenvalue weighted by molar-refractivity contribution is 5.26. The van der Waals surface area contributed by atoms with E-state index in [0.717, 1.165) is 12.2 Å². The van der Waals surface area contributed by atoms with Crippen LogP contribution < -0.4 is 4.74 Å². The van der Waals surface area contributed by atoms with Gasteiger partial charge in [0, 0.05) is 6.07 Å². The normalized spacial score (nSPS) is 9.64. The Morgan fingerprint density at radius 2 is 2.18 bits per heavy atom. The third kappa shape index (κ3) is 2.26. The van der Waals surface area contributed by atoms with Crippen molar-refractivity contribution in [2.75, 3.05) is 6.61 Å².